The second kappa shape index (κ2) is 11.4. The van der Waals surface area contributed by atoms with Crippen molar-refractivity contribution in [1.29, 1.82) is 0 Å². The van der Waals surface area contributed by atoms with E-state index in [-0.39, 0.29) is 36.4 Å². The molecular formula is C30H31BrClN5O2. The summed E-state index contributed by atoms with van der Waals surface area (Å²) >= 11 is 10.0. The number of aryl methyl sites for hydroxylation is 2. The zero-order valence-corrected chi connectivity index (χ0v) is 24.0. The predicted octanol–water partition coefficient (Wildman–Crippen LogP) is 4.50. The van der Waals surface area contributed by atoms with Crippen LogP contribution >= 0.6 is 27.5 Å². The molecule has 2 aliphatic carbocycles. The van der Waals surface area contributed by atoms with Crippen LogP contribution in [0, 0.1) is 0 Å². The lowest BCUT2D eigenvalue weighted by Crippen LogP contribution is -2.57. The van der Waals surface area contributed by atoms with Gasteiger partial charge in [0.05, 0.1) is 24.2 Å². The molecule has 0 bridgehead atoms. The van der Waals surface area contributed by atoms with Crippen molar-refractivity contribution in [2.45, 2.75) is 56.7 Å². The van der Waals surface area contributed by atoms with Gasteiger partial charge in [0.1, 0.15) is 0 Å². The van der Waals surface area contributed by atoms with E-state index in [1.807, 2.05) is 29.3 Å². The number of piperazine rings is 1. The SMILES string of the molecule is O=C(CC1CN(C2c3ccc(Cl)cc3CCc3cc(Br)cnc32)CCN1C(=O)Cc1ccncc1)NC1CC1. The van der Waals surface area contributed by atoms with E-state index < -0.39 is 0 Å². The zero-order valence-electron chi connectivity index (χ0n) is 21.7. The van der Waals surface area contributed by atoms with Gasteiger partial charge in [-0.25, -0.2) is 0 Å². The first kappa shape index (κ1) is 26.4. The fraction of sp³-hybridized carbons (Fsp3) is 0.400. The Balaban J connectivity index is 1.31. The number of benzene rings is 1. The number of amides is 2. The molecule has 2 unspecified atom stereocenters. The minimum Gasteiger partial charge on any atom is -0.353 e. The first-order chi connectivity index (χ1) is 18.9. The molecule has 2 amide bonds. The third kappa shape index (κ3) is 6.03. The van der Waals surface area contributed by atoms with E-state index in [1.165, 1.54) is 16.7 Å². The van der Waals surface area contributed by atoms with Crippen molar-refractivity contribution in [3.05, 3.63) is 92.4 Å². The van der Waals surface area contributed by atoms with Gasteiger partial charge in [0.2, 0.25) is 11.8 Å². The Kier molecular flexibility index (Phi) is 7.69. The molecule has 2 aromatic heterocycles. The second-order valence-corrected chi connectivity index (χ2v) is 12.1. The van der Waals surface area contributed by atoms with Crippen LogP contribution in [0.25, 0.3) is 0 Å². The van der Waals surface area contributed by atoms with Gasteiger partial charge in [0.25, 0.3) is 0 Å². The number of carbonyl (C=O) groups excluding carboxylic acids is 2. The maximum atomic E-state index is 13.5. The molecule has 9 heteroatoms. The van der Waals surface area contributed by atoms with Gasteiger partial charge in [-0.05, 0) is 94.2 Å². The van der Waals surface area contributed by atoms with E-state index in [9.17, 15) is 9.59 Å². The molecule has 7 nitrogen and oxygen atoms in total. The van der Waals surface area contributed by atoms with Crippen LogP contribution in [-0.4, -0.2) is 63.3 Å². The average molecular weight is 609 g/mol. The number of fused-ring (bicyclic) bond motifs is 2. The summed E-state index contributed by atoms with van der Waals surface area (Å²) in [5, 5.41) is 3.85. The first-order valence-corrected chi connectivity index (χ1v) is 14.8. The van der Waals surface area contributed by atoms with E-state index in [4.69, 9.17) is 16.6 Å². The largest absolute Gasteiger partial charge is 0.353 e. The highest BCUT2D eigenvalue weighted by Gasteiger charge is 2.38. The molecule has 6 rings (SSSR count). The lowest BCUT2D eigenvalue weighted by molar-refractivity contribution is -0.137. The Bertz CT molecular complexity index is 1330. The molecule has 1 saturated heterocycles. The van der Waals surface area contributed by atoms with Crippen LogP contribution in [0.4, 0.5) is 0 Å². The standard InChI is InChI=1S/C30H31BrClN5O2/c31-22-14-21-2-1-20-15-23(32)3-6-26(20)30(29(21)34-17-22)36-11-12-37(28(39)13-19-7-9-33-10-8-19)25(18-36)16-27(38)35-24-4-5-24/h3,6-10,14-15,17,24-25,30H,1-2,4-5,11-13,16,18H2,(H,35,38). The Morgan fingerprint density at radius 2 is 1.85 bits per heavy atom. The Morgan fingerprint density at radius 1 is 1.05 bits per heavy atom. The topological polar surface area (TPSA) is 78.4 Å². The number of nitrogens with zero attached hydrogens (tertiary/aromatic N) is 4. The molecule has 1 N–H and O–H groups in total. The number of rotatable bonds is 6. The van der Waals surface area contributed by atoms with Crippen molar-refractivity contribution >= 4 is 39.3 Å². The lowest BCUT2D eigenvalue weighted by atomic mass is 9.94. The summed E-state index contributed by atoms with van der Waals surface area (Å²) in [7, 11) is 0. The fourth-order valence-corrected chi connectivity index (χ4v) is 6.48. The van der Waals surface area contributed by atoms with Crippen molar-refractivity contribution in [2.75, 3.05) is 19.6 Å². The third-order valence-electron chi connectivity index (χ3n) is 7.96. The predicted molar refractivity (Wildman–Crippen MR) is 153 cm³/mol. The van der Waals surface area contributed by atoms with Crippen molar-refractivity contribution < 1.29 is 9.59 Å². The van der Waals surface area contributed by atoms with Crippen molar-refractivity contribution in [3.63, 3.8) is 0 Å². The van der Waals surface area contributed by atoms with Gasteiger partial charge in [0, 0.05) is 60.2 Å². The normalized spacial score (nSPS) is 21.0. The molecule has 3 aromatic rings. The summed E-state index contributed by atoms with van der Waals surface area (Å²) in [6.07, 6.45) is 9.70. The maximum Gasteiger partial charge on any atom is 0.227 e. The summed E-state index contributed by atoms with van der Waals surface area (Å²) in [6.45, 7) is 1.83. The summed E-state index contributed by atoms with van der Waals surface area (Å²) in [5.41, 5.74) is 5.60. The number of hydrogen-bond acceptors (Lipinski definition) is 5. The maximum absolute atomic E-state index is 13.5. The number of aromatic nitrogens is 2. The smallest absolute Gasteiger partial charge is 0.227 e. The van der Waals surface area contributed by atoms with Gasteiger partial charge >= 0.3 is 0 Å². The monoisotopic (exact) mass is 607 g/mol. The van der Waals surface area contributed by atoms with Crippen LogP contribution in [-0.2, 0) is 28.9 Å². The highest BCUT2D eigenvalue weighted by molar-refractivity contribution is 9.10. The Labute approximate surface area is 242 Å². The summed E-state index contributed by atoms with van der Waals surface area (Å²) in [5.74, 6) is 0.0575. The molecule has 3 heterocycles. The molecule has 0 radical (unpaired) electrons. The molecule has 39 heavy (non-hydrogen) atoms. The van der Waals surface area contributed by atoms with E-state index in [2.05, 4.69) is 49.3 Å². The quantitative estimate of drug-likeness (QED) is 0.446. The molecule has 1 aliphatic heterocycles. The van der Waals surface area contributed by atoms with Crippen molar-refractivity contribution in [3.8, 4) is 0 Å². The molecule has 1 saturated carbocycles. The minimum absolute atomic E-state index is 0.0153. The molecular weight excluding hydrogens is 578 g/mol. The highest BCUT2D eigenvalue weighted by Crippen LogP contribution is 2.38. The van der Waals surface area contributed by atoms with Crippen LogP contribution < -0.4 is 5.32 Å². The van der Waals surface area contributed by atoms with Crippen molar-refractivity contribution in [1.82, 2.24) is 25.1 Å². The van der Waals surface area contributed by atoms with Gasteiger partial charge in [-0.1, -0.05) is 17.7 Å². The van der Waals surface area contributed by atoms with E-state index in [0.29, 0.717) is 26.1 Å². The number of carbonyl (C=O) groups is 2. The van der Waals surface area contributed by atoms with Crippen LogP contribution in [0.3, 0.4) is 0 Å². The lowest BCUT2D eigenvalue weighted by Gasteiger charge is -2.44. The van der Waals surface area contributed by atoms with Crippen LogP contribution in [0.1, 0.15) is 53.3 Å². The summed E-state index contributed by atoms with van der Waals surface area (Å²) < 4.78 is 0.963. The molecule has 2 atom stereocenters. The van der Waals surface area contributed by atoms with E-state index in [0.717, 1.165) is 46.4 Å². The van der Waals surface area contributed by atoms with Gasteiger partial charge in [0.15, 0.2) is 0 Å². The number of nitrogens with one attached hydrogen (secondary N) is 1. The Morgan fingerprint density at radius 3 is 2.64 bits per heavy atom. The summed E-state index contributed by atoms with van der Waals surface area (Å²) in [4.78, 5) is 39.8. The number of halogens is 2. The van der Waals surface area contributed by atoms with Crippen LogP contribution in [0.15, 0.2) is 59.5 Å². The molecule has 0 spiro atoms. The first-order valence-electron chi connectivity index (χ1n) is 13.6. The zero-order chi connectivity index (χ0) is 26.9. The van der Waals surface area contributed by atoms with Gasteiger partial charge in [-0.3, -0.25) is 24.5 Å². The van der Waals surface area contributed by atoms with Gasteiger partial charge in [-0.15, -0.1) is 0 Å². The Hall–Kier alpha value is -2.81. The third-order valence-corrected chi connectivity index (χ3v) is 8.63. The van der Waals surface area contributed by atoms with Crippen LogP contribution in [0.2, 0.25) is 5.02 Å². The molecule has 3 aliphatic rings. The highest BCUT2D eigenvalue weighted by atomic mass is 79.9. The molecule has 1 aromatic carbocycles. The van der Waals surface area contributed by atoms with E-state index >= 15 is 0 Å². The molecule has 2 fully saturated rings. The second-order valence-electron chi connectivity index (χ2n) is 10.8. The number of hydrogen-bond donors (Lipinski definition) is 1. The van der Waals surface area contributed by atoms with Gasteiger partial charge in [-0.2, -0.15) is 0 Å². The molecule has 202 valence electrons. The van der Waals surface area contributed by atoms with Gasteiger partial charge < -0.3 is 10.2 Å². The summed E-state index contributed by atoms with van der Waals surface area (Å²) in [6, 6.07) is 12.0. The minimum atomic E-state index is -0.232. The fourth-order valence-electron chi connectivity index (χ4n) is 5.90. The van der Waals surface area contributed by atoms with E-state index in [1.54, 1.807) is 12.4 Å². The number of pyridine rings is 2. The van der Waals surface area contributed by atoms with Crippen LogP contribution in [0.5, 0.6) is 0 Å². The van der Waals surface area contributed by atoms with Crippen molar-refractivity contribution in [2.24, 2.45) is 0 Å². The average Bonchev–Trinajstić information content (AvgIpc) is 3.75.